The van der Waals surface area contributed by atoms with Crippen LogP contribution in [0.5, 0.6) is 11.5 Å². The molecule has 3 heterocycles. The second-order valence-electron chi connectivity index (χ2n) is 8.09. The highest BCUT2D eigenvalue weighted by Gasteiger charge is 2.25. The Hall–Kier alpha value is -4.05. The molecule has 0 unspecified atom stereocenters. The highest BCUT2D eigenvalue weighted by molar-refractivity contribution is 5.89. The van der Waals surface area contributed by atoms with Crippen molar-refractivity contribution in [3.8, 4) is 17.2 Å². The van der Waals surface area contributed by atoms with Crippen LogP contribution >= 0.6 is 0 Å². The quantitative estimate of drug-likeness (QED) is 0.431. The van der Waals surface area contributed by atoms with Gasteiger partial charge in [-0.05, 0) is 48.5 Å². The Morgan fingerprint density at radius 3 is 2.11 bits per heavy atom. The first-order valence-corrected chi connectivity index (χ1v) is 11.5. The van der Waals surface area contributed by atoms with Gasteiger partial charge in [0.05, 0.1) is 33.1 Å². The second kappa shape index (κ2) is 9.67. The van der Waals surface area contributed by atoms with Gasteiger partial charge in [-0.2, -0.15) is 9.97 Å². The smallest absolute Gasteiger partial charge is 0.233 e. The largest absolute Gasteiger partial charge is 0.497 e. The highest BCUT2D eigenvalue weighted by atomic mass is 16.5. The van der Waals surface area contributed by atoms with Crippen molar-refractivity contribution in [2.24, 2.45) is 0 Å². The molecule has 0 atom stereocenters. The number of aromatic nitrogens is 4. The molecule has 5 rings (SSSR count). The Morgan fingerprint density at radius 2 is 1.51 bits per heavy atom. The summed E-state index contributed by atoms with van der Waals surface area (Å²) in [5.41, 5.74) is 3.31. The SMILES string of the molecule is CNc1nc2c(N3CCOCC3)nc(N(C)c3ccc(OC)cc3)nc2n1-c1ccc(OC)cc1. The lowest BCUT2D eigenvalue weighted by Gasteiger charge is -2.29. The molecular formula is C25H29N7O3. The fourth-order valence-corrected chi connectivity index (χ4v) is 4.14. The maximum absolute atomic E-state index is 5.59. The zero-order valence-electron chi connectivity index (χ0n) is 20.4. The Kier molecular flexibility index (Phi) is 6.28. The van der Waals surface area contributed by atoms with Crippen LogP contribution in [-0.2, 0) is 4.74 Å². The van der Waals surface area contributed by atoms with Crippen LogP contribution in [0.25, 0.3) is 16.9 Å². The van der Waals surface area contributed by atoms with Gasteiger partial charge in [-0.3, -0.25) is 4.57 Å². The molecule has 2 aromatic carbocycles. The maximum Gasteiger partial charge on any atom is 0.233 e. The number of ether oxygens (including phenoxy) is 3. The van der Waals surface area contributed by atoms with Crippen molar-refractivity contribution < 1.29 is 14.2 Å². The van der Waals surface area contributed by atoms with Crippen LogP contribution < -0.4 is 24.6 Å². The van der Waals surface area contributed by atoms with E-state index in [-0.39, 0.29) is 0 Å². The highest BCUT2D eigenvalue weighted by Crippen LogP contribution is 2.33. The van der Waals surface area contributed by atoms with Crippen LogP contribution in [0.1, 0.15) is 0 Å². The number of rotatable bonds is 7. The van der Waals surface area contributed by atoms with E-state index in [4.69, 9.17) is 29.2 Å². The third kappa shape index (κ3) is 4.28. The second-order valence-corrected chi connectivity index (χ2v) is 8.09. The molecule has 182 valence electrons. The van der Waals surface area contributed by atoms with Gasteiger partial charge in [-0.1, -0.05) is 0 Å². The van der Waals surface area contributed by atoms with E-state index >= 15 is 0 Å². The first kappa shape index (κ1) is 22.7. The molecule has 4 aromatic rings. The number of hydrogen-bond acceptors (Lipinski definition) is 9. The van der Waals surface area contributed by atoms with E-state index in [1.54, 1.807) is 14.2 Å². The van der Waals surface area contributed by atoms with Gasteiger partial charge in [-0.25, -0.2) is 4.98 Å². The molecule has 0 amide bonds. The molecule has 0 spiro atoms. The van der Waals surface area contributed by atoms with Crippen molar-refractivity contribution in [1.82, 2.24) is 19.5 Å². The molecule has 1 saturated heterocycles. The predicted octanol–water partition coefficient (Wildman–Crippen LogP) is 3.48. The molecule has 10 heteroatoms. The molecule has 1 N–H and O–H groups in total. The average molecular weight is 476 g/mol. The molecule has 0 bridgehead atoms. The number of hydrogen-bond donors (Lipinski definition) is 1. The van der Waals surface area contributed by atoms with Gasteiger partial charge < -0.3 is 29.3 Å². The zero-order valence-corrected chi connectivity index (χ0v) is 20.4. The predicted molar refractivity (Wildman–Crippen MR) is 137 cm³/mol. The Balaban J connectivity index is 1.69. The third-order valence-corrected chi connectivity index (χ3v) is 6.10. The van der Waals surface area contributed by atoms with Crippen molar-refractivity contribution in [1.29, 1.82) is 0 Å². The molecule has 0 aliphatic carbocycles. The monoisotopic (exact) mass is 475 g/mol. The van der Waals surface area contributed by atoms with E-state index in [0.717, 1.165) is 47.3 Å². The molecule has 35 heavy (non-hydrogen) atoms. The molecule has 0 radical (unpaired) electrons. The summed E-state index contributed by atoms with van der Waals surface area (Å²) in [6.07, 6.45) is 0. The maximum atomic E-state index is 5.59. The number of benzene rings is 2. The topological polar surface area (TPSA) is 89.8 Å². The number of nitrogens with one attached hydrogen (secondary N) is 1. The van der Waals surface area contributed by atoms with Crippen molar-refractivity contribution in [2.75, 3.05) is 69.7 Å². The summed E-state index contributed by atoms with van der Waals surface area (Å²) in [6, 6.07) is 15.7. The minimum atomic E-state index is 0.571. The van der Waals surface area contributed by atoms with Crippen molar-refractivity contribution >= 4 is 34.6 Å². The molecule has 1 aliphatic heterocycles. The van der Waals surface area contributed by atoms with Gasteiger partial charge in [0.1, 0.15) is 11.5 Å². The van der Waals surface area contributed by atoms with Crippen molar-refractivity contribution in [3.05, 3.63) is 48.5 Å². The fourth-order valence-electron chi connectivity index (χ4n) is 4.14. The number of fused-ring (bicyclic) bond motifs is 1. The standard InChI is InChI=1S/C25H29N7O3/c1-26-24-27-21-22(31-13-15-35-16-14-31)28-25(30(2)17-5-9-19(33-3)10-6-17)29-23(21)32(24)18-7-11-20(34-4)12-8-18/h5-12H,13-16H2,1-4H3,(H,26,27). The number of imidazole rings is 1. The molecule has 10 nitrogen and oxygen atoms in total. The minimum Gasteiger partial charge on any atom is -0.497 e. The summed E-state index contributed by atoms with van der Waals surface area (Å²) in [6.45, 7) is 2.77. The number of morpholine rings is 1. The van der Waals surface area contributed by atoms with E-state index in [0.29, 0.717) is 30.8 Å². The molecular weight excluding hydrogens is 446 g/mol. The van der Waals surface area contributed by atoms with Crippen LogP contribution in [0.3, 0.4) is 0 Å². The molecule has 1 aliphatic rings. The number of anilines is 4. The number of nitrogens with zero attached hydrogens (tertiary/aromatic N) is 6. The lowest BCUT2D eigenvalue weighted by atomic mass is 10.3. The summed E-state index contributed by atoms with van der Waals surface area (Å²) < 4.78 is 18.2. The van der Waals surface area contributed by atoms with Crippen LogP contribution in [0.15, 0.2) is 48.5 Å². The first-order chi connectivity index (χ1) is 17.1. The van der Waals surface area contributed by atoms with E-state index in [1.165, 1.54) is 0 Å². The van der Waals surface area contributed by atoms with Gasteiger partial charge >= 0.3 is 0 Å². The minimum absolute atomic E-state index is 0.571. The van der Waals surface area contributed by atoms with Gasteiger partial charge in [-0.15, -0.1) is 0 Å². The summed E-state index contributed by atoms with van der Waals surface area (Å²) in [4.78, 5) is 19.1. The van der Waals surface area contributed by atoms with E-state index in [2.05, 4.69) is 10.2 Å². The summed E-state index contributed by atoms with van der Waals surface area (Å²) in [5, 5.41) is 3.22. The van der Waals surface area contributed by atoms with Crippen LogP contribution in [0.2, 0.25) is 0 Å². The van der Waals surface area contributed by atoms with Gasteiger partial charge in [0.15, 0.2) is 17.0 Å². The number of methoxy groups -OCH3 is 2. The van der Waals surface area contributed by atoms with E-state index in [1.807, 2.05) is 72.1 Å². The fraction of sp³-hybridized carbons (Fsp3) is 0.320. The third-order valence-electron chi connectivity index (χ3n) is 6.10. The summed E-state index contributed by atoms with van der Waals surface area (Å²) in [5.74, 6) is 3.62. The van der Waals surface area contributed by atoms with Crippen LogP contribution in [0.4, 0.5) is 23.4 Å². The zero-order chi connectivity index (χ0) is 24.4. The lowest BCUT2D eigenvalue weighted by Crippen LogP contribution is -2.37. The van der Waals surface area contributed by atoms with Gasteiger partial charge in [0.2, 0.25) is 11.9 Å². The lowest BCUT2D eigenvalue weighted by molar-refractivity contribution is 0.122. The van der Waals surface area contributed by atoms with Crippen LogP contribution in [-0.4, -0.2) is 74.1 Å². The molecule has 1 fully saturated rings. The Labute approximate surface area is 204 Å². The van der Waals surface area contributed by atoms with E-state index < -0.39 is 0 Å². The van der Waals surface area contributed by atoms with Gasteiger partial charge in [0.25, 0.3) is 0 Å². The van der Waals surface area contributed by atoms with E-state index in [9.17, 15) is 0 Å². The summed E-state index contributed by atoms with van der Waals surface area (Å²) >= 11 is 0. The first-order valence-electron chi connectivity index (χ1n) is 11.5. The molecule has 0 saturated carbocycles. The molecule has 2 aromatic heterocycles. The van der Waals surface area contributed by atoms with Gasteiger partial charge in [0, 0.05) is 32.9 Å². The Morgan fingerprint density at radius 1 is 0.886 bits per heavy atom. The normalized spacial score (nSPS) is 13.7. The van der Waals surface area contributed by atoms with Crippen LogP contribution in [0, 0.1) is 0 Å². The average Bonchev–Trinajstić information content (AvgIpc) is 3.31. The summed E-state index contributed by atoms with van der Waals surface area (Å²) in [7, 11) is 7.13. The van der Waals surface area contributed by atoms with Crippen molar-refractivity contribution in [3.63, 3.8) is 0 Å². The Bertz CT molecular complexity index is 1300. The van der Waals surface area contributed by atoms with Crippen molar-refractivity contribution in [2.45, 2.75) is 0 Å².